The van der Waals surface area contributed by atoms with Gasteiger partial charge in [-0.1, -0.05) is 6.07 Å². The van der Waals surface area contributed by atoms with Crippen LogP contribution in [0.1, 0.15) is 43.2 Å². The van der Waals surface area contributed by atoms with Crippen molar-refractivity contribution in [3.63, 3.8) is 0 Å². The SMILES string of the molecule is COCCN1CCC2(CCN(C3CCN(c4ccc5c(c4)CCC5)CC3)C2)C1=O. The molecule has 3 saturated heterocycles. The van der Waals surface area contributed by atoms with E-state index < -0.39 is 0 Å². The van der Waals surface area contributed by atoms with Gasteiger partial charge in [0, 0.05) is 51.6 Å². The number of rotatable bonds is 5. The predicted octanol–water partition coefficient (Wildman–Crippen LogP) is 2.71. The van der Waals surface area contributed by atoms with Crippen molar-refractivity contribution in [3.05, 3.63) is 29.3 Å². The minimum atomic E-state index is -0.106. The molecule has 0 aromatic heterocycles. The number of carbonyl (C=O) groups is 1. The van der Waals surface area contributed by atoms with Gasteiger partial charge in [-0.15, -0.1) is 0 Å². The minimum Gasteiger partial charge on any atom is -0.383 e. The first-order chi connectivity index (χ1) is 14.2. The number of anilines is 1. The van der Waals surface area contributed by atoms with E-state index in [1.807, 2.05) is 4.90 Å². The highest BCUT2D eigenvalue weighted by molar-refractivity contribution is 5.85. The van der Waals surface area contributed by atoms with Crippen LogP contribution in [-0.4, -0.2) is 74.7 Å². The van der Waals surface area contributed by atoms with E-state index in [4.69, 9.17) is 4.74 Å². The van der Waals surface area contributed by atoms with Gasteiger partial charge in [0.05, 0.1) is 12.0 Å². The second-order valence-corrected chi connectivity index (χ2v) is 9.56. The molecule has 5 heteroatoms. The van der Waals surface area contributed by atoms with Crippen LogP contribution in [0.2, 0.25) is 0 Å². The monoisotopic (exact) mass is 397 g/mol. The zero-order valence-electron chi connectivity index (χ0n) is 17.9. The van der Waals surface area contributed by atoms with Gasteiger partial charge in [-0.2, -0.15) is 0 Å². The predicted molar refractivity (Wildman–Crippen MR) is 115 cm³/mol. The fraction of sp³-hybridized carbons (Fsp3) is 0.708. The number of hydrogen-bond donors (Lipinski definition) is 0. The van der Waals surface area contributed by atoms with Gasteiger partial charge < -0.3 is 14.5 Å². The number of hydrogen-bond acceptors (Lipinski definition) is 4. The third kappa shape index (κ3) is 3.57. The van der Waals surface area contributed by atoms with E-state index >= 15 is 0 Å². The molecule has 1 amide bonds. The lowest BCUT2D eigenvalue weighted by atomic mass is 9.85. The Labute approximate surface area is 175 Å². The van der Waals surface area contributed by atoms with Crippen molar-refractivity contribution in [3.8, 4) is 0 Å². The minimum absolute atomic E-state index is 0.106. The van der Waals surface area contributed by atoms with Crippen molar-refractivity contribution in [2.45, 2.75) is 51.0 Å². The molecule has 1 spiro atoms. The summed E-state index contributed by atoms with van der Waals surface area (Å²) in [4.78, 5) is 20.3. The van der Waals surface area contributed by atoms with Gasteiger partial charge in [0.2, 0.25) is 5.91 Å². The Morgan fingerprint density at radius 2 is 1.86 bits per heavy atom. The smallest absolute Gasteiger partial charge is 0.230 e. The zero-order chi connectivity index (χ0) is 19.8. The number of nitrogens with zero attached hydrogens (tertiary/aromatic N) is 3. The van der Waals surface area contributed by atoms with Crippen LogP contribution in [0.4, 0.5) is 5.69 Å². The average molecular weight is 398 g/mol. The van der Waals surface area contributed by atoms with Gasteiger partial charge in [-0.05, 0) is 74.8 Å². The molecule has 1 unspecified atom stereocenters. The first-order valence-corrected chi connectivity index (χ1v) is 11.6. The number of amides is 1. The molecule has 3 aliphatic heterocycles. The summed E-state index contributed by atoms with van der Waals surface area (Å²) in [5, 5.41) is 0. The van der Waals surface area contributed by atoms with Crippen LogP contribution in [0.25, 0.3) is 0 Å². The first-order valence-electron chi connectivity index (χ1n) is 11.6. The maximum absolute atomic E-state index is 13.0. The molecule has 0 bridgehead atoms. The Hall–Kier alpha value is -1.59. The molecule has 1 aromatic rings. The topological polar surface area (TPSA) is 36.0 Å². The standard InChI is InChI=1S/C24H35N3O2/c1-29-16-15-26-13-9-24(23(26)28)10-14-27(18-24)21-7-11-25(12-8-21)22-6-5-19-3-2-4-20(19)17-22/h5-6,17,21H,2-4,7-16,18H2,1H3. The summed E-state index contributed by atoms with van der Waals surface area (Å²) in [6, 6.07) is 7.77. The number of piperidine rings is 1. The highest BCUT2D eigenvalue weighted by Crippen LogP contribution is 2.42. The molecule has 5 nitrogen and oxygen atoms in total. The molecule has 1 aliphatic carbocycles. The molecule has 0 radical (unpaired) electrons. The molecule has 3 fully saturated rings. The van der Waals surface area contributed by atoms with Crippen LogP contribution in [0.3, 0.4) is 0 Å². The Balaban J connectivity index is 1.17. The molecule has 0 saturated carbocycles. The molecule has 5 rings (SSSR count). The molecule has 1 atom stereocenters. The van der Waals surface area contributed by atoms with Crippen LogP contribution in [0.5, 0.6) is 0 Å². The van der Waals surface area contributed by atoms with E-state index in [9.17, 15) is 4.79 Å². The molecule has 0 N–H and O–H groups in total. The third-order valence-electron chi connectivity index (χ3n) is 7.98. The van der Waals surface area contributed by atoms with Crippen LogP contribution >= 0.6 is 0 Å². The van der Waals surface area contributed by atoms with Gasteiger partial charge in [-0.25, -0.2) is 0 Å². The van der Waals surface area contributed by atoms with Crippen LogP contribution in [0.15, 0.2) is 18.2 Å². The summed E-state index contributed by atoms with van der Waals surface area (Å²) in [7, 11) is 1.71. The van der Waals surface area contributed by atoms with Gasteiger partial charge in [-0.3, -0.25) is 9.69 Å². The van der Waals surface area contributed by atoms with E-state index in [0.29, 0.717) is 18.6 Å². The van der Waals surface area contributed by atoms with E-state index in [1.54, 1.807) is 18.2 Å². The van der Waals surface area contributed by atoms with E-state index in [1.165, 1.54) is 37.8 Å². The summed E-state index contributed by atoms with van der Waals surface area (Å²) >= 11 is 0. The highest BCUT2D eigenvalue weighted by atomic mass is 16.5. The third-order valence-corrected chi connectivity index (χ3v) is 7.98. The summed E-state index contributed by atoms with van der Waals surface area (Å²) < 4.78 is 5.18. The summed E-state index contributed by atoms with van der Waals surface area (Å²) in [6.45, 7) is 6.64. The van der Waals surface area contributed by atoms with E-state index in [2.05, 4.69) is 28.0 Å². The maximum Gasteiger partial charge on any atom is 0.230 e. The normalized spacial score (nSPS) is 28.1. The molecule has 1 aromatic carbocycles. The lowest BCUT2D eigenvalue weighted by molar-refractivity contribution is -0.136. The van der Waals surface area contributed by atoms with Crippen molar-refractivity contribution in [2.75, 3.05) is 57.9 Å². The fourth-order valence-corrected chi connectivity index (χ4v) is 6.15. The lowest BCUT2D eigenvalue weighted by Crippen LogP contribution is -2.45. The van der Waals surface area contributed by atoms with Gasteiger partial charge in [0.25, 0.3) is 0 Å². The summed E-state index contributed by atoms with van der Waals surface area (Å²) in [5.41, 5.74) is 4.45. The fourth-order valence-electron chi connectivity index (χ4n) is 6.15. The Morgan fingerprint density at radius 3 is 2.69 bits per heavy atom. The number of methoxy groups -OCH3 is 1. The van der Waals surface area contributed by atoms with Crippen molar-refractivity contribution in [1.82, 2.24) is 9.80 Å². The number of carbonyl (C=O) groups excluding carboxylic acids is 1. The second kappa shape index (κ2) is 7.92. The van der Waals surface area contributed by atoms with Crippen molar-refractivity contribution in [2.24, 2.45) is 5.41 Å². The molecular weight excluding hydrogens is 362 g/mol. The van der Waals surface area contributed by atoms with Gasteiger partial charge in [0.15, 0.2) is 0 Å². The van der Waals surface area contributed by atoms with Crippen molar-refractivity contribution >= 4 is 11.6 Å². The number of benzene rings is 1. The Kier molecular flexibility index (Phi) is 5.29. The van der Waals surface area contributed by atoms with Gasteiger partial charge in [0.1, 0.15) is 0 Å². The van der Waals surface area contributed by atoms with E-state index in [0.717, 1.165) is 52.1 Å². The molecule has 29 heavy (non-hydrogen) atoms. The van der Waals surface area contributed by atoms with Gasteiger partial charge >= 0.3 is 0 Å². The summed E-state index contributed by atoms with van der Waals surface area (Å²) in [5.74, 6) is 0.382. The second-order valence-electron chi connectivity index (χ2n) is 9.56. The van der Waals surface area contributed by atoms with Crippen LogP contribution in [-0.2, 0) is 22.4 Å². The molecule has 158 valence electrons. The number of aryl methyl sites for hydroxylation is 2. The van der Waals surface area contributed by atoms with Crippen LogP contribution < -0.4 is 4.90 Å². The quantitative estimate of drug-likeness (QED) is 0.765. The number of ether oxygens (including phenoxy) is 1. The van der Waals surface area contributed by atoms with Crippen molar-refractivity contribution < 1.29 is 9.53 Å². The largest absolute Gasteiger partial charge is 0.383 e. The number of likely N-dealkylation sites (tertiary alicyclic amines) is 2. The zero-order valence-corrected chi connectivity index (χ0v) is 17.9. The number of fused-ring (bicyclic) bond motifs is 1. The highest BCUT2D eigenvalue weighted by Gasteiger charge is 2.51. The molecular formula is C24H35N3O2. The molecule has 4 aliphatic rings. The average Bonchev–Trinajstić information content (AvgIpc) is 3.47. The van der Waals surface area contributed by atoms with Crippen LogP contribution in [0, 0.1) is 5.41 Å². The Bertz CT molecular complexity index is 758. The van der Waals surface area contributed by atoms with Crippen molar-refractivity contribution in [1.29, 1.82) is 0 Å². The Morgan fingerprint density at radius 1 is 1.07 bits per heavy atom. The molecule has 3 heterocycles. The maximum atomic E-state index is 13.0. The summed E-state index contributed by atoms with van der Waals surface area (Å²) in [6.07, 6.45) is 8.34. The first kappa shape index (κ1) is 19.4. The lowest BCUT2D eigenvalue weighted by Gasteiger charge is -2.38. The van der Waals surface area contributed by atoms with E-state index in [-0.39, 0.29) is 5.41 Å².